The number of pyridine rings is 1. The summed E-state index contributed by atoms with van der Waals surface area (Å²) in [4.78, 5) is 15.6. The standard InChI is InChI=1S/C21H20FN3O5S/c1-3-30-17-7-4-15(5-8-17)25-31(27,28)19-13-16(6-9-18(19)29-2)24-21(26)14-10-11-23-20(22)12-14/h4-13,25H,3H2,1-2H3,(H,24,26). The quantitative estimate of drug-likeness (QED) is 0.513. The monoisotopic (exact) mass is 445 g/mol. The van der Waals surface area contributed by atoms with E-state index >= 15 is 0 Å². The lowest BCUT2D eigenvalue weighted by Crippen LogP contribution is -2.16. The Kier molecular flexibility index (Phi) is 6.71. The smallest absolute Gasteiger partial charge is 0.265 e. The third-order valence-corrected chi connectivity index (χ3v) is 5.52. The van der Waals surface area contributed by atoms with Crippen molar-refractivity contribution < 1.29 is 27.1 Å². The number of nitrogens with zero attached hydrogens (tertiary/aromatic N) is 1. The summed E-state index contributed by atoms with van der Waals surface area (Å²) < 4.78 is 52.1. The minimum atomic E-state index is -4.05. The topological polar surface area (TPSA) is 107 Å². The molecule has 0 saturated carbocycles. The van der Waals surface area contributed by atoms with Gasteiger partial charge in [0.1, 0.15) is 16.4 Å². The summed E-state index contributed by atoms with van der Waals surface area (Å²) in [7, 11) is -2.71. The predicted octanol–water partition coefficient (Wildman–Crippen LogP) is 3.68. The molecular formula is C21H20FN3O5S. The molecule has 0 aliphatic carbocycles. The molecule has 2 N–H and O–H groups in total. The van der Waals surface area contributed by atoms with Gasteiger partial charge in [0.15, 0.2) is 0 Å². The molecule has 0 saturated heterocycles. The van der Waals surface area contributed by atoms with E-state index in [1.807, 2.05) is 6.92 Å². The van der Waals surface area contributed by atoms with Crippen molar-refractivity contribution in [1.29, 1.82) is 0 Å². The second-order valence-electron chi connectivity index (χ2n) is 6.25. The Hall–Kier alpha value is -3.66. The number of sulfonamides is 1. The van der Waals surface area contributed by atoms with Crippen molar-refractivity contribution in [1.82, 2.24) is 4.98 Å². The van der Waals surface area contributed by atoms with Crippen molar-refractivity contribution in [3.63, 3.8) is 0 Å². The number of halogens is 1. The zero-order valence-corrected chi connectivity index (χ0v) is 17.6. The van der Waals surface area contributed by atoms with Gasteiger partial charge in [-0.3, -0.25) is 9.52 Å². The van der Waals surface area contributed by atoms with Crippen molar-refractivity contribution in [2.24, 2.45) is 0 Å². The van der Waals surface area contributed by atoms with E-state index in [-0.39, 0.29) is 21.9 Å². The van der Waals surface area contributed by atoms with Crippen LogP contribution >= 0.6 is 0 Å². The van der Waals surface area contributed by atoms with Gasteiger partial charge < -0.3 is 14.8 Å². The summed E-state index contributed by atoms with van der Waals surface area (Å²) in [5.41, 5.74) is 0.558. The third-order valence-electron chi connectivity index (χ3n) is 4.12. The van der Waals surface area contributed by atoms with Crippen LogP contribution in [-0.4, -0.2) is 33.0 Å². The molecule has 0 atom stereocenters. The van der Waals surface area contributed by atoms with E-state index in [4.69, 9.17) is 9.47 Å². The predicted molar refractivity (Wildman–Crippen MR) is 114 cm³/mol. The number of benzene rings is 2. The maximum absolute atomic E-state index is 13.3. The van der Waals surface area contributed by atoms with Crippen molar-refractivity contribution in [2.45, 2.75) is 11.8 Å². The molecule has 1 amide bonds. The molecule has 0 aliphatic heterocycles. The maximum Gasteiger partial charge on any atom is 0.265 e. The second kappa shape index (κ2) is 9.43. The van der Waals surface area contributed by atoms with Crippen LogP contribution in [-0.2, 0) is 10.0 Å². The van der Waals surface area contributed by atoms with Gasteiger partial charge >= 0.3 is 0 Å². The van der Waals surface area contributed by atoms with Gasteiger partial charge in [-0.2, -0.15) is 4.39 Å². The van der Waals surface area contributed by atoms with Gasteiger partial charge in [-0.15, -0.1) is 0 Å². The number of carbonyl (C=O) groups is 1. The average molecular weight is 445 g/mol. The minimum absolute atomic E-state index is 0.0419. The number of hydrogen-bond acceptors (Lipinski definition) is 6. The molecule has 0 fully saturated rings. The third kappa shape index (κ3) is 5.48. The first-order valence-electron chi connectivity index (χ1n) is 9.19. The molecule has 1 heterocycles. The van der Waals surface area contributed by atoms with Crippen LogP contribution in [0.5, 0.6) is 11.5 Å². The van der Waals surface area contributed by atoms with Crippen LogP contribution < -0.4 is 19.5 Å². The molecule has 8 nitrogen and oxygen atoms in total. The highest BCUT2D eigenvalue weighted by Crippen LogP contribution is 2.29. The highest BCUT2D eigenvalue weighted by molar-refractivity contribution is 7.92. The Morgan fingerprint density at radius 3 is 2.42 bits per heavy atom. The Morgan fingerprint density at radius 2 is 1.77 bits per heavy atom. The van der Waals surface area contributed by atoms with Gasteiger partial charge in [-0.25, -0.2) is 13.4 Å². The summed E-state index contributed by atoms with van der Waals surface area (Å²) >= 11 is 0. The SMILES string of the molecule is CCOc1ccc(NS(=O)(=O)c2cc(NC(=O)c3ccnc(F)c3)ccc2OC)cc1. The highest BCUT2D eigenvalue weighted by Gasteiger charge is 2.21. The van der Waals surface area contributed by atoms with Crippen molar-refractivity contribution in [3.8, 4) is 11.5 Å². The van der Waals surface area contributed by atoms with E-state index < -0.39 is 21.9 Å². The summed E-state index contributed by atoms with van der Waals surface area (Å²) in [5.74, 6) is -0.717. The molecule has 162 valence electrons. The summed E-state index contributed by atoms with van der Waals surface area (Å²) in [6, 6.07) is 12.9. The second-order valence-corrected chi connectivity index (χ2v) is 7.90. The van der Waals surface area contributed by atoms with Gasteiger partial charge in [-0.1, -0.05) is 0 Å². The lowest BCUT2D eigenvalue weighted by atomic mass is 10.2. The molecule has 0 bridgehead atoms. The van der Waals surface area contributed by atoms with Crippen LogP contribution in [0.3, 0.4) is 0 Å². The lowest BCUT2D eigenvalue weighted by Gasteiger charge is -2.14. The zero-order valence-electron chi connectivity index (χ0n) is 16.8. The largest absolute Gasteiger partial charge is 0.495 e. The normalized spacial score (nSPS) is 10.9. The Morgan fingerprint density at radius 1 is 1.06 bits per heavy atom. The first-order valence-corrected chi connectivity index (χ1v) is 10.7. The number of hydrogen-bond donors (Lipinski definition) is 2. The van der Waals surface area contributed by atoms with Crippen LogP contribution in [0.25, 0.3) is 0 Å². The van der Waals surface area contributed by atoms with Gasteiger partial charge in [0.05, 0.1) is 13.7 Å². The number of anilines is 2. The maximum atomic E-state index is 13.3. The molecule has 3 aromatic rings. The molecule has 3 rings (SSSR count). The molecular weight excluding hydrogens is 425 g/mol. The molecule has 0 aliphatic rings. The van der Waals surface area contributed by atoms with Gasteiger partial charge in [-0.05, 0) is 55.5 Å². The Balaban J connectivity index is 1.86. The molecule has 2 aromatic carbocycles. The molecule has 1 aromatic heterocycles. The van der Waals surface area contributed by atoms with E-state index in [2.05, 4.69) is 15.0 Å². The Labute approximate surface area is 179 Å². The number of carbonyl (C=O) groups excluding carboxylic acids is 1. The Bertz CT molecular complexity index is 1180. The molecule has 10 heteroatoms. The summed E-state index contributed by atoms with van der Waals surface area (Å²) in [6.07, 6.45) is 1.16. The number of ether oxygens (including phenoxy) is 2. The van der Waals surface area contributed by atoms with Crippen LogP contribution in [0.15, 0.2) is 65.7 Å². The van der Waals surface area contributed by atoms with Crippen molar-refractivity contribution in [3.05, 3.63) is 72.3 Å². The zero-order chi connectivity index (χ0) is 22.4. The molecule has 0 spiro atoms. The van der Waals surface area contributed by atoms with Gasteiger partial charge in [0.25, 0.3) is 15.9 Å². The summed E-state index contributed by atoms with van der Waals surface area (Å²) in [6.45, 7) is 2.34. The molecule has 31 heavy (non-hydrogen) atoms. The van der Waals surface area contributed by atoms with Crippen molar-refractivity contribution >= 4 is 27.3 Å². The van der Waals surface area contributed by atoms with E-state index in [0.717, 1.165) is 12.3 Å². The fraction of sp³-hybridized carbons (Fsp3) is 0.143. The number of rotatable bonds is 8. The van der Waals surface area contributed by atoms with Crippen LogP contribution in [0.4, 0.5) is 15.8 Å². The fourth-order valence-electron chi connectivity index (χ4n) is 2.71. The van der Waals surface area contributed by atoms with E-state index in [1.54, 1.807) is 24.3 Å². The molecule has 0 radical (unpaired) electrons. The number of methoxy groups -OCH3 is 1. The number of nitrogens with one attached hydrogen (secondary N) is 2. The van der Waals surface area contributed by atoms with Gasteiger partial charge in [0.2, 0.25) is 5.95 Å². The van der Waals surface area contributed by atoms with Crippen LogP contribution in [0.1, 0.15) is 17.3 Å². The van der Waals surface area contributed by atoms with E-state index in [1.165, 1.54) is 31.4 Å². The minimum Gasteiger partial charge on any atom is -0.495 e. The first-order chi connectivity index (χ1) is 14.8. The van der Waals surface area contributed by atoms with E-state index in [9.17, 15) is 17.6 Å². The fourth-order valence-corrected chi connectivity index (χ4v) is 3.96. The summed E-state index contributed by atoms with van der Waals surface area (Å²) in [5, 5.41) is 2.54. The average Bonchev–Trinajstić information content (AvgIpc) is 2.75. The number of aromatic nitrogens is 1. The van der Waals surface area contributed by atoms with Crippen molar-refractivity contribution in [2.75, 3.05) is 23.8 Å². The van der Waals surface area contributed by atoms with Crippen LogP contribution in [0.2, 0.25) is 0 Å². The van der Waals surface area contributed by atoms with E-state index in [0.29, 0.717) is 18.0 Å². The van der Waals surface area contributed by atoms with Gasteiger partial charge in [0, 0.05) is 29.2 Å². The number of amides is 1. The lowest BCUT2D eigenvalue weighted by molar-refractivity contribution is 0.102. The highest BCUT2D eigenvalue weighted by atomic mass is 32.2. The molecule has 0 unspecified atom stereocenters. The van der Waals surface area contributed by atoms with Crippen LogP contribution in [0, 0.1) is 5.95 Å². The first kappa shape index (κ1) is 22.0.